The Kier molecular flexibility index (Phi) is 10.1. The fraction of sp³-hybridized carbons (Fsp3) is 0.333. The fourth-order valence-corrected chi connectivity index (χ4v) is 5.52. The zero-order valence-electron chi connectivity index (χ0n) is 23.2. The first-order valence-electron chi connectivity index (χ1n) is 12.9. The maximum Gasteiger partial charge on any atom is 0.264 e. The van der Waals surface area contributed by atoms with E-state index >= 15 is 0 Å². The number of anilines is 1. The summed E-state index contributed by atoms with van der Waals surface area (Å²) in [6.45, 7) is 7.55. The molecule has 1 atom stereocenters. The number of rotatable bonds is 12. The lowest BCUT2D eigenvalue weighted by Gasteiger charge is -2.32. The Morgan fingerprint density at radius 2 is 1.64 bits per heavy atom. The van der Waals surface area contributed by atoms with Gasteiger partial charge < -0.3 is 15.0 Å². The number of nitrogens with zero attached hydrogens (tertiary/aromatic N) is 2. The van der Waals surface area contributed by atoms with E-state index in [4.69, 9.17) is 4.74 Å². The van der Waals surface area contributed by atoms with E-state index in [1.807, 2.05) is 45.0 Å². The fourth-order valence-electron chi connectivity index (χ4n) is 4.12. The van der Waals surface area contributed by atoms with Crippen LogP contribution >= 0.6 is 0 Å². The molecule has 208 valence electrons. The first-order valence-corrected chi connectivity index (χ1v) is 14.4. The number of aryl methyl sites for hydroxylation is 2. The average molecular weight is 552 g/mol. The second-order valence-corrected chi connectivity index (χ2v) is 11.4. The molecule has 0 aliphatic rings. The normalized spacial score (nSPS) is 11.9. The lowest BCUT2D eigenvalue weighted by Crippen LogP contribution is -2.51. The second kappa shape index (κ2) is 13.3. The van der Waals surface area contributed by atoms with Crippen LogP contribution in [0.5, 0.6) is 5.75 Å². The molecule has 0 radical (unpaired) electrons. The van der Waals surface area contributed by atoms with E-state index in [2.05, 4.69) is 5.32 Å². The number of sulfonamides is 1. The largest absolute Gasteiger partial charge is 0.497 e. The summed E-state index contributed by atoms with van der Waals surface area (Å²) in [5, 5.41) is 2.84. The molecular weight excluding hydrogens is 514 g/mol. The molecule has 0 saturated heterocycles. The van der Waals surface area contributed by atoms with Gasteiger partial charge in [0.2, 0.25) is 11.8 Å². The van der Waals surface area contributed by atoms with Crippen LogP contribution in [-0.4, -0.2) is 51.4 Å². The van der Waals surface area contributed by atoms with E-state index in [1.165, 1.54) is 24.1 Å². The number of carbonyl (C=O) groups is 2. The molecule has 1 N–H and O–H groups in total. The number of ether oxygens (including phenoxy) is 1. The number of hydrogen-bond acceptors (Lipinski definition) is 5. The van der Waals surface area contributed by atoms with Gasteiger partial charge in [-0.25, -0.2) is 8.42 Å². The highest BCUT2D eigenvalue weighted by Crippen LogP contribution is 2.28. The minimum atomic E-state index is -4.13. The maximum absolute atomic E-state index is 13.9. The van der Waals surface area contributed by atoms with Crippen LogP contribution in [-0.2, 0) is 26.2 Å². The molecule has 0 bridgehead atoms. The van der Waals surface area contributed by atoms with Crippen molar-refractivity contribution in [3.05, 3.63) is 89.5 Å². The lowest BCUT2D eigenvalue weighted by molar-refractivity contribution is -0.139. The molecule has 0 aromatic heterocycles. The topological polar surface area (TPSA) is 96.0 Å². The van der Waals surface area contributed by atoms with Crippen LogP contribution in [0.15, 0.2) is 77.7 Å². The number of carbonyl (C=O) groups excluding carboxylic acids is 2. The van der Waals surface area contributed by atoms with Crippen LogP contribution in [0, 0.1) is 13.8 Å². The third-order valence-corrected chi connectivity index (χ3v) is 8.17. The van der Waals surface area contributed by atoms with Gasteiger partial charge in [-0.05, 0) is 57.0 Å². The monoisotopic (exact) mass is 551 g/mol. The lowest BCUT2D eigenvalue weighted by atomic mass is 10.1. The molecule has 0 unspecified atom stereocenters. The van der Waals surface area contributed by atoms with Gasteiger partial charge in [-0.1, -0.05) is 60.5 Å². The summed E-state index contributed by atoms with van der Waals surface area (Å²) >= 11 is 0. The molecule has 9 heteroatoms. The first kappa shape index (κ1) is 29.7. The summed E-state index contributed by atoms with van der Waals surface area (Å²) in [5.41, 5.74) is 3.05. The van der Waals surface area contributed by atoms with Crippen LogP contribution < -0.4 is 14.4 Å². The maximum atomic E-state index is 13.9. The number of benzene rings is 3. The smallest absolute Gasteiger partial charge is 0.264 e. The zero-order chi connectivity index (χ0) is 28.6. The summed E-state index contributed by atoms with van der Waals surface area (Å²) in [7, 11) is -2.65. The van der Waals surface area contributed by atoms with E-state index in [0.717, 1.165) is 27.4 Å². The van der Waals surface area contributed by atoms with Crippen LogP contribution in [0.1, 0.15) is 37.0 Å². The van der Waals surface area contributed by atoms with Crippen molar-refractivity contribution in [2.24, 2.45) is 0 Å². The molecule has 3 aromatic carbocycles. The van der Waals surface area contributed by atoms with Crippen molar-refractivity contribution in [3.63, 3.8) is 0 Å². The number of nitrogens with one attached hydrogen (secondary N) is 1. The average Bonchev–Trinajstić information content (AvgIpc) is 2.93. The van der Waals surface area contributed by atoms with Crippen molar-refractivity contribution in [2.75, 3.05) is 24.5 Å². The Morgan fingerprint density at radius 3 is 2.28 bits per heavy atom. The van der Waals surface area contributed by atoms with Crippen molar-refractivity contribution < 1.29 is 22.7 Å². The summed E-state index contributed by atoms with van der Waals surface area (Å²) in [6, 6.07) is 19.9. The molecule has 0 saturated carbocycles. The SMILES string of the molecule is CCCNC(=O)[C@H](C)N(Cc1cccc(C)c1)C(=O)CN(c1cccc(OC)c1)S(=O)(=O)c1ccc(C)cc1. The predicted octanol–water partition coefficient (Wildman–Crippen LogP) is 4.45. The Hall–Kier alpha value is -3.85. The van der Waals surface area contributed by atoms with Gasteiger partial charge in [-0.15, -0.1) is 0 Å². The van der Waals surface area contributed by atoms with E-state index in [-0.39, 0.29) is 23.0 Å². The molecule has 0 heterocycles. The Morgan fingerprint density at radius 1 is 0.949 bits per heavy atom. The van der Waals surface area contributed by atoms with Gasteiger partial charge in [0.1, 0.15) is 18.3 Å². The van der Waals surface area contributed by atoms with Crippen LogP contribution in [0.3, 0.4) is 0 Å². The van der Waals surface area contributed by atoms with Gasteiger partial charge in [0.15, 0.2) is 0 Å². The molecule has 2 amide bonds. The number of hydrogen-bond donors (Lipinski definition) is 1. The summed E-state index contributed by atoms with van der Waals surface area (Å²) in [4.78, 5) is 28.4. The molecule has 0 spiro atoms. The molecule has 8 nitrogen and oxygen atoms in total. The third-order valence-electron chi connectivity index (χ3n) is 6.38. The van der Waals surface area contributed by atoms with Crippen molar-refractivity contribution >= 4 is 27.5 Å². The Labute approximate surface area is 231 Å². The highest BCUT2D eigenvalue weighted by molar-refractivity contribution is 7.92. The van der Waals surface area contributed by atoms with Crippen molar-refractivity contribution in [2.45, 2.75) is 51.6 Å². The van der Waals surface area contributed by atoms with Crippen molar-refractivity contribution in [1.29, 1.82) is 0 Å². The van der Waals surface area contributed by atoms with Gasteiger partial charge >= 0.3 is 0 Å². The van der Waals surface area contributed by atoms with E-state index in [1.54, 1.807) is 43.3 Å². The van der Waals surface area contributed by atoms with E-state index in [0.29, 0.717) is 12.3 Å². The standard InChI is InChI=1S/C30H37N3O5S/c1-6-17-31-30(35)24(4)32(20-25-10-7-9-23(3)18-25)29(34)21-33(26-11-8-12-27(19-26)38-5)39(36,37)28-15-13-22(2)14-16-28/h7-16,18-19,24H,6,17,20-21H2,1-5H3,(H,31,35)/t24-/m0/s1. The number of amides is 2. The van der Waals surface area contributed by atoms with Gasteiger partial charge in [0.25, 0.3) is 10.0 Å². The van der Waals surface area contributed by atoms with Crippen LogP contribution in [0.2, 0.25) is 0 Å². The van der Waals surface area contributed by atoms with Crippen molar-refractivity contribution in [3.8, 4) is 5.75 Å². The first-order chi connectivity index (χ1) is 18.6. The van der Waals surface area contributed by atoms with Gasteiger partial charge in [0, 0.05) is 19.2 Å². The van der Waals surface area contributed by atoms with E-state index in [9.17, 15) is 18.0 Å². The quantitative estimate of drug-likeness (QED) is 0.359. The molecule has 39 heavy (non-hydrogen) atoms. The minimum absolute atomic E-state index is 0.0580. The molecule has 3 aromatic rings. The highest BCUT2D eigenvalue weighted by atomic mass is 32.2. The summed E-state index contributed by atoms with van der Waals surface area (Å²) in [5.74, 6) is -0.352. The predicted molar refractivity (Wildman–Crippen MR) is 153 cm³/mol. The second-order valence-electron chi connectivity index (χ2n) is 9.50. The number of methoxy groups -OCH3 is 1. The van der Waals surface area contributed by atoms with E-state index < -0.39 is 28.5 Å². The molecule has 0 aliphatic heterocycles. The molecule has 0 aliphatic carbocycles. The summed E-state index contributed by atoms with van der Waals surface area (Å²) < 4.78 is 34.2. The van der Waals surface area contributed by atoms with Crippen LogP contribution in [0.25, 0.3) is 0 Å². The van der Waals surface area contributed by atoms with Gasteiger partial charge in [-0.3, -0.25) is 13.9 Å². The minimum Gasteiger partial charge on any atom is -0.497 e. The molecular formula is C30H37N3O5S. The van der Waals surface area contributed by atoms with Crippen LogP contribution in [0.4, 0.5) is 5.69 Å². The van der Waals surface area contributed by atoms with Gasteiger partial charge in [-0.2, -0.15) is 0 Å². The zero-order valence-corrected chi connectivity index (χ0v) is 24.0. The van der Waals surface area contributed by atoms with Gasteiger partial charge in [0.05, 0.1) is 17.7 Å². The van der Waals surface area contributed by atoms with Crippen molar-refractivity contribution in [1.82, 2.24) is 10.2 Å². The third kappa shape index (κ3) is 7.60. The Bertz CT molecular complexity index is 1390. The Balaban J connectivity index is 2.04. The summed E-state index contributed by atoms with van der Waals surface area (Å²) in [6.07, 6.45) is 0.753. The molecule has 0 fully saturated rings. The molecule has 3 rings (SSSR count). The highest BCUT2D eigenvalue weighted by Gasteiger charge is 2.32.